The lowest BCUT2D eigenvalue weighted by Crippen LogP contribution is -2.48. The van der Waals surface area contributed by atoms with Gasteiger partial charge in [-0.1, -0.05) is 0 Å². The van der Waals surface area contributed by atoms with Gasteiger partial charge in [-0.05, 0) is 39.2 Å². The molecule has 2 aliphatic rings. The number of imidazole rings is 1. The predicted molar refractivity (Wildman–Crippen MR) is 75.9 cm³/mol. The van der Waals surface area contributed by atoms with Crippen molar-refractivity contribution in [2.24, 2.45) is 0 Å². The highest BCUT2D eigenvalue weighted by Crippen LogP contribution is 2.37. The predicted octanol–water partition coefficient (Wildman–Crippen LogP) is 1.98. The molecule has 0 aromatic carbocycles. The van der Waals surface area contributed by atoms with Crippen LogP contribution < -0.4 is 0 Å². The number of aromatic nitrogens is 2. The van der Waals surface area contributed by atoms with E-state index in [2.05, 4.69) is 23.8 Å². The van der Waals surface area contributed by atoms with Gasteiger partial charge < -0.3 is 14.6 Å². The number of amides is 1. The molecule has 1 aromatic rings. The number of hydrogen-bond acceptors (Lipinski definition) is 3. The number of aromatic amines is 1. The monoisotopic (exact) mass is 275 g/mol. The van der Waals surface area contributed by atoms with Gasteiger partial charge in [-0.2, -0.15) is 0 Å². The number of ether oxygens (including phenoxy) is 1. The smallest absolute Gasteiger partial charge is 0.246 e. The van der Waals surface area contributed by atoms with Crippen molar-refractivity contribution in [2.45, 2.75) is 50.9 Å². The zero-order chi connectivity index (χ0) is 14.2. The summed E-state index contributed by atoms with van der Waals surface area (Å²) in [5, 5.41) is 0. The molecule has 3 rings (SSSR count). The quantitative estimate of drug-likeness (QED) is 0.840. The fourth-order valence-corrected chi connectivity index (χ4v) is 3.25. The van der Waals surface area contributed by atoms with E-state index in [1.165, 1.54) is 0 Å². The molecule has 2 saturated heterocycles. The highest BCUT2D eigenvalue weighted by Gasteiger charge is 2.45. The minimum absolute atomic E-state index is 0.0654. The van der Waals surface area contributed by atoms with Crippen LogP contribution in [0.2, 0.25) is 0 Å². The summed E-state index contributed by atoms with van der Waals surface area (Å²) >= 11 is 0. The summed E-state index contributed by atoms with van der Waals surface area (Å²) in [7, 11) is 0. The first-order valence-corrected chi connectivity index (χ1v) is 7.20. The van der Waals surface area contributed by atoms with E-state index < -0.39 is 0 Å². The topological polar surface area (TPSA) is 58.2 Å². The molecular formula is C15H21N3O2. The molecule has 108 valence electrons. The number of nitrogens with one attached hydrogen (secondary N) is 1. The number of likely N-dealkylation sites (tertiary alicyclic amines) is 1. The fraction of sp³-hybridized carbons (Fsp3) is 0.600. The molecule has 0 saturated carbocycles. The van der Waals surface area contributed by atoms with Crippen molar-refractivity contribution >= 4 is 12.0 Å². The molecule has 0 spiro atoms. The summed E-state index contributed by atoms with van der Waals surface area (Å²) in [6.45, 7) is 5.04. The summed E-state index contributed by atoms with van der Waals surface area (Å²) < 4.78 is 6.05. The summed E-state index contributed by atoms with van der Waals surface area (Å²) in [5.74, 6) is 0.0654. The Bertz CT molecular complexity index is 507. The molecule has 2 aliphatic heterocycles. The highest BCUT2D eigenvalue weighted by molar-refractivity contribution is 5.91. The molecule has 0 unspecified atom stereocenters. The van der Waals surface area contributed by atoms with Crippen molar-refractivity contribution in [1.82, 2.24) is 14.9 Å². The lowest BCUT2D eigenvalue weighted by Gasteiger charge is -2.35. The molecular weight excluding hydrogens is 254 g/mol. The lowest BCUT2D eigenvalue weighted by atomic mass is 9.94. The zero-order valence-electron chi connectivity index (χ0n) is 12.0. The third kappa shape index (κ3) is 2.63. The highest BCUT2D eigenvalue weighted by atomic mass is 16.5. The number of hydrogen-bond donors (Lipinski definition) is 1. The molecule has 1 amide bonds. The number of carbonyl (C=O) groups is 1. The van der Waals surface area contributed by atoms with Crippen molar-refractivity contribution in [2.75, 3.05) is 6.54 Å². The van der Waals surface area contributed by atoms with Crippen molar-refractivity contribution in [3.05, 3.63) is 24.3 Å². The van der Waals surface area contributed by atoms with Crippen LogP contribution in [0.3, 0.4) is 0 Å². The van der Waals surface area contributed by atoms with Gasteiger partial charge in [-0.3, -0.25) is 4.79 Å². The van der Waals surface area contributed by atoms with E-state index in [1.54, 1.807) is 24.7 Å². The van der Waals surface area contributed by atoms with Gasteiger partial charge in [0.2, 0.25) is 5.91 Å². The van der Waals surface area contributed by atoms with E-state index in [1.807, 2.05) is 4.90 Å². The van der Waals surface area contributed by atoms with Crippen molar-refractivity contribution in [1.29, 1.82) is 0 Å². The van der Waals surface area contributed by atoms with Gasteiger partial charge in [0.05, 0.1) is 36.0 Å². The van der Waals surface area contributed by atoms with E-state index in [0.29, 0.717) is 0 Å². The Morgan fingerprint density at radius 2 is 2.45 bits per heavy atom. The third-order valence-corrected chi connectivity index (χ3v) is 4.10. The van der Waals surface area contributed by atoms with Gasteiger partial charge in [0.15, 0.2) is 0 Å². The van der Waals surface area contributed by atoms with Gasteiger partial charge >= 0.3 is 0 Å². The summed E-state index contributed by atoms with van der Waals surface area (Å²) in [5.41, 5.74) is 0.723. The van der Waals surface area contributed by atoms with Gasteiger partial charge in [0.1, 0.15) is 0 Å². The SMILES string of the molecule is CC1(C)C[C@H]2[C@H](CCCN2C(=O)/C=C/c2cnc[nH]2)O1. The normalized spacial score (nSPS) is 28.8. The molecule has 5 nitrogen and oxygen atoms in total. The maximum absolute atomic E-state index is 12.4. The van der Waals surface area contributed by atoms with Crippen LogP contribution in [-0.4, -0.2) is 45.1 Å². The maximum Gasteiger partial charge on any atom is 0.246 e. The van der Waals surface area contributed by atoms with Crippen LogP contribution in [0.4, 0.5) is 0 Å². The Hall–Kier alpha value is -1.62. The lowest BCUT2D eigenvalue weighted by molar-refractivity contribution is -0.132. The molecule has 2 atom stereocenters. The van der Waals surface area contributed by atoms with Crippen molar-refractivity contribution < 1.29 is 9.53 Å². The number of piperidine rings is 1. The molecule has 3 heterocycles. The van der Waals surface area contributed by atoms with E-state index in [0.717, 1.165) is 31.5 Å². The second-order valence-corrected chi connectivity index (χ2v) is 6.20. The average molecular weight is 275 g/mol. The summed E-state index contributed by atoms with van der Waals surface area (Å²) in [6.07, 6.45) is 9.90. The molecule has 0 aliphatic carbocycles. The number of rotatable bonds is 2. The van der Waals surface area contributed by atoms with Crippen LogP contribution in [-0.2, 0) is 9.53 Å². The molecule has 1 aromatic heterocycles. The third-order valence-electron chi connectivity index (χ3n) is 4.10. The number of carbonyl (C=O) groups excluding carboxylic acids is 1. The van der Waals surface area contributed by atoms with Crippen LogP contribution in [0.5, 0.6) is 0 Å². The Morgan fingerprint density at radius 3 is 3.20 bits per heavy atom. The molecule has 20 heavy (non-hydrogen) atoms. The van der Waals surface area contributed by atoms with E-state index >= 15 is 0 Å². The van der Waals surface area contributed by atoms with Crippen LogP contribution >= 0.6 is 0 Å². The molecule has 0 bridgehead atoms. The fourth-order valence-electron chi connectivity index (χ4n) is 3.25. The van der Waals surface area contributed by atoms with Crippen molar-refractivity contribution in [3.63, 3.8) is 0 Å². The van der Waals surface area contributed by atoms with Crippen LogP contribution in [0.15, 0.2) is 18.6 Å². The zero-order valence-corrected chi connectivity index (χ0v) is 12.0. The Morgan fingerprint density at radius 1 is 1.60 bits per heavy atom. The second kappa shape index (κ2) is 5.05. The Labute approximate surface area is 119 Å². The van der Waals surface area contributed by atoms with E-state index in [-0.39, 0.29) is 23.7 Å². The van der Waals surface area contributed by atoms with Gasteiger partial charge in [-0.25, -0.2) is 4.98 Å². The second-order valence-electron chi connectivity index (χ2n) is 6.20. The average Bonchev–Trinajstić information content (AvgIpc) is 3.00. The summed E-state index contributed by atoms with van der Waals surface area (Å²) in [6, 6.07) is 0.220. The maximum atomic E-state index is 12.4. The molecule has 0 radical (unpaired) electrons. The molecule has 2 fully saturated rings. The van der Waals surface area contributed by atoms with Gasteiger partial charge in [-0.15, -0.1) is 0 Å². The van der Waals surface area contributed by atoms with Crippen LogP contribution in [0.1, 0.15) is 38.8 Å². The van der Waals surface area contributed by atoms with E-state index in [9.17, 15) is 4.79 Å². The number of fused-ring (bicyclic) bond motifs is 1. The van der Waals surface area contributed by atoms with Crippen molar-refractivity contribution in [3.8, 4) is 0 Å². The molecule has 1 N–H and O–H groups in total. The van der Waals surface area contributed by atoms with Gasteiger partial charge in [0, 0.05) is 12.6 Å². The summed E-state index contributed by atoms with van der Waals surface area (Å²) in [4.78, 5) is 21.3. The number of H-pyrrole nitrogens is 1. The first kappa shape index (κ1) is 13.4. The minimum Gasteiger partial charge on any atom is -0.370 e. The molecule has 5 heteroatoms. The van der Waals surface area contributed by atoms with Crippen LogP contribution in [0, 0.1) is 0 Å². The first-order valence-electron chi connectivity index (χ1n) is 7.20. The Kier molecular flexibility index (Phi) is 3.38. The Balaban J connectivity index is 1.71. The van der Waals surface area contributed by atoms with E-state index in [4.69, 9.17) is 4.74 Å². The first-order chi connectivity index (χ1) is 9.55. The largest absolute Gasteiger partial charge is 0.370 e. The number of nitrogens with zero attached hydrogens (tertiary/aromatic N) is 2. The van der Waals surface area contributed by atoms with Gasteiger partial charge in [0.25, 0.3) is 0 Å². The van der Waals surface area contributed by atoms with Crippen LogP contribution in [0.25, 0.3) is 6.08 Å². The minimum atomic E-state index is -0.120. The standard InChI is InChI=1S/C15H21N3O2/c1-15(2)8-12-13(20-15)4-3-7-18(12)14(19)6-5-11-9-16-10-17-11/h5-6,9-10,12-13H,3-4,7-8H2,1-2H3,(H,16,17)/b6-5+/t12-,13-/m0/s1.